The van der Waals surface area contributed by atoms with Gasteiger partial charge in [-0.2, -0.15) is 0 Å². The van der Waals surface area contributed by atoms with Gasteiger partial charge in [-0.1, -0.05) is 41.9 Å². The van der Waals surface area contributed by atoms with Crippen LogP contribution in [0, 0.1) is 0 Å². The maximum absolute atomic E-state index is 5.90. The van der Waals surface area contributed by atoms with E-state index in [4.69, 9.17) is 16.3 Å². The molecule has 0 aliphatic carbocycles. The topological polar surface area (TPSA) is 22.1 Å². The summed E-state index contributed by atoms with van der Waals surface area (Å²) in [5, 5.41) is 0.431. The van der Waals surface area contributed by atoms with Crippen LogP contribution >= 0.6 is 11.6 Å². The third-order valence-corrected chi connectivity index (χ3v) is 2.97. The van der Waals surface area contributed by atoms with Crippen molar-refractivity contribution in [2.75, 3.05) is 6.61 Å². The molecule has 3 heteroatoms. The number of hydrogen-bond acceptors (Lipinski definition) is 2. The van der Waals surface area contributed by atoms with E-state index in [0.717, 1.165) is 19.3 Å². The molecule has 0 aliphatic rings. The highest BCUT2D eigenvalue weighted by atomic mass is 35.5. The zero-order chi connectivity index (χ0) is 12.6. The van der Waals surface area contributed by atoms with Crippen LogP contribution in [-0.4, -0.2) is 11.6 Å². The van der Waals surface area contributed by atoms with Crippen LogP contribution in [0.3, 0.4) is 0 Å². The van der Waals surface area contributed by atoms with Gasteiger partial charge in [0.1, 0.15) is 0 Å². The molecule has 0 fully saturated rings. The number of ether oxygens (including phenoxy) is 1. The lowest BCUT2D eigenvalue weighted by Crippen LogP contribution is -1.99. The van der Waals surface area contributed by atoms with E-state index >= 15 is 0 Å². The molecule has 0 saturated carbocycles. The van der Waals surface area contributed by atoms with Gasteiger partial charge in [0.05, 0.1) is 6.61 Å². The minimum atomic E-state index is 0.431. The van der Waals surface area contributed by atoms with Gasteiger partial charge in [0.15, 0.2) is 10.9 Å². The van der Waals surface area contributed by atoms with E-state index < -0.39 is 0 Å². The third kappa shape index (κ3) is 4.04. The second-order valence-electron chi connectivity index (χ2n) is 4.08. The highest BCUT2D eigenvalue weighted by Crippen LogP contribution is 2.20. The minimum absolute atomic E-state index is 0.431. The predicted molar refractivity (Wildman–Crippen MR) is 74.1 cm³/mol. The zero-order valence-corrected chi connectivity index (χ0v) is 10.9. The second kappa shape index (κ2) is 7.02. The molecule has 1 aromatic carbocycles. The Kier molecular flexibility index (Phi) is 5.03. The first kappa shape index (κ1) is 12.9. The molecular weight excluding hydrogens is 246 g/mol. The lowest BCUT2D eigenvalue weighted by molar-refractivity contribution is 0.306. The zero-order valence-electron chi connectivity index (χ0n) is 10.2. The van der Waals surface area contributed by atoms with Gasteiger partial charge in [0.25, 0.3) is 0 Å². The van der Waals surface area contributed by atoms with Crippen LogP contribution in [0.5, 0.6) is 5.75 Å². The van der Waals surface area contributed by atoms with Crippen molar-refractivity contribution >= 4 is 11.6 Å². The molecule has 0 amide bonds. The first-order chi connectivity index (χ1) is 8.86. The molecule has 2 aromatic rings. The Balaban J connectivity index is 1.66. The average Bonchev–Trinajstić information content (AvgIpc) is 2.42. The van der Waals surface area contributed by atoms with E-state index in [0.29, 0.717) is 17.5 Å². The van der Waals surface area contributed by atoms with E-state index in [1.165, 1.54) is 5.56 Å². The van der Waals surface area contributed by atoms with Gasteiger partial charge in [-0.25, -0.2) is 4.98 Å². The molecule has 18 heavy (non-hydrogen) atoms. The molecule has 0 atom stereocenters. The highest BCUT2D eigenvalue weighted by molar-refractivity contribution is 6.30. The van der Waals surface area contributed by atoms with Crippen LogP contribution in [0.25, 0.3) is 0 Å². The first-order valence-electron chi connectivity index (χ1n) is 6.13. The normalized spacial score (nSPS) is 10.3. The van der Waals surface area contributed by atoms with E-state index in [1.54, 1.807) is 6.20 Å². The van der Waals surface area contributed by atoms with Crippen molar-refractivity contribution in [2.45, 2.75) is 19.3 Å². The Morgan fingerprint density at radius 2 is 1.83 bits per heavy atom. The molecule has 0 saturated heterocycles. The Morgan fingerprint density at radius 1 is 1.00 bits per heavy atom. The van der Waals surface area contributed by atoms with Crippen LogP contribution in [-0.2, 0) is 6.42 Å². The van der Waals surface area contributed by atoms with Gasteiger partial charge in [-0.3, -0.25) is 0 Å². The number of aromatic nitrogens is 1. The Labute approximate surface area is 113 Å². The van der Waals surface area contributed by atoms with Crippen molar-refractivity contribution in [1.29, 1.82) is 0 Å². The van der Waals surface area contributed by atoms with Gasteiger partial charge < -0.3 is 4.74 Å². The summed E-state index contributed by atoms with van der Waals surface area (Å²) in [5.74, 6) is 0.666. The number of pyridine rings is 1. The lowest BCUT2D eigenvalue weighted by atomic mass is 10.1. The summed E-state index contributed by atoms with van der Waals surface area (Å²) in [5.41, 5.74) is 1.37. The third-order valence-electron chi connectivity index (χ3n) is 2.69. The van der Waals surface area contributed by atoms with Crippen LogP contribution in [0.15, 0.2) is 48.7 Å². The summed E-state index contributed by atoms with van der Waals surface area (Å²) in [6.07, 6.45) is 4.87. The van der Waals surface area contributed by atoms with Crippen LogP contribution in [0.4, 0.5) is 0 Å². The molecule has 1 heterocycles. The quantitative estimate of drug-likeness (QED) is 0.576. The molecule has 94 valence electrons. The fraction of sp³-hybridized carbons (Fsp3) is 0.267. The van der Waals surface area contributed by atoms with Crippen molar-refractivity contribution in [3.05, 3.63) is 59.4 Å². The van der Waals surface area contributed by atoms with E-state index in [2.05, 4.69) is 29.2 Å². The van der Waals surface area contributed by atoms with Gasteiger partial charge in [-0.05, 0) is 37.0 Å². The second-order valence-corrected chi connectivity index (χ2v) is 4.44. The number of halogens is 1. The molecule has 0 unspecified atom stereocenters. The monoisotopic (exact) mass is 261 g/mol. The summed E-state index contributed by atoms with van der Waals surface area (Å²) in [6, 6.07) is 14.1. The molecule has 1 aromatic heterocycles. The van der Waals surface area contributed by atoms with Crippen molar-refractivity contribution in [2.24, 2.45) is 0 Å². The molecule has 0 bridgehead atoms. The van der Waals surface area contributed by atoms with Gasteiger partial charge in [0, 0.05) is 6.20 Å². The van der Waals surface area contributed by atoms with Crippen LogP contribution < -0.4 is 4.74 Å². The maximum Gasteiger partial charge on any atom is 0.171 e. The molecule has 0 aliphatic heterocycles. The summed E-state index contributed by atoms with van der Waals surface area (Å²) < 4.78 is 5.58. The number of aryl methyl sites for hydroxylation is 1. The molecule has 0 radical (unpaired) electrons. The number of nitrogens with zero attached hydrogens (tertiary/aromatic N) is 1. The molecule has 2 nitrogen and oxygen atoms in total. The summed E-state index contributed by atoms with van der Waals surface area (Å²) >= 11 is 5.90. The predicted octanol–water partition coefficient (Wildman–Crippen LogP) is 4.14. The Morgan fingerprint density at radius 3 is 2.61 bits per heavy atom. The molecule has 0 N–H and O–H groups in total. The smallest absolute Gasteiger partial charge is 0.171 e. The number of hydrogen-bond donors (Lipinski definition) is 0. The minimum Gasteiger partial charge on any atom is -0.490 e. The van der Waals surface area contributed by atoms with E-state index in [9.17, 15) is 0 Å². The standard InChI is InChI=1S/C15H16ClNO/c16-15-14(10-6-11-17-15)18-12-5-4-9-13-7-2-1-3-8-13/h1-3,6-8,10-11H,4-5,9,12H2. The largest absolute Gasteiger partial charge is 0.490 e. The fourth-order valence-corrected chi connectivity index (χ4v) is 1.91. The molecule has 0 spiro atoms. The highest BCUT2D eigenvalue weighted by Gasteiger charge is 2.00. The Hall–Kier alpha value is -1.54. The summed E-state index contributed by atoms with van der Waals surface area (Å²) in [6.45, 7) is 0.679. The first-order valence-corrected chi connectivity index (χ1v) is 6.51. The van der Waals surface area contributed by atoms with Crippen molar-refractivity contribution in [1.82, 2.24) is 4.98 Å². The van der Waals surface area contributed by atoms with Crippen LogP contribution in [0.1, 0.15) is 18.4 Å². The summed E-state index contributed by atoms with van der Waals surface area (Å²) in [7, 11) is 0. The van der Waals surface area contributed by atoms with Crippen LogP contribution in [0.2, 0.25) is 5.15 Å². The number of benzene rings is 1. The molecule has 2 rings (SSSR count). The van der Waals surface area contributed by atoms with Gasteiger partial charge in [0.2, 0.25) is 0 Å². The van der Waals surface area contributed by atoms with E-state index in [-0.39, 0.29) is 0 Å². The number of rotatable bonds is 6. The van der Waals surface area contributed by atoms with Crippen molar-refractivity contribution in [3.8, 4) is 5.75 Å². The molecular formula is C15H16ClNO. The SMILES string of the molecule is Clc1ncccc1OCCCCc1ccccc1. The lowest BCUT2D eigenvalue weighted by Gasteiger charge is -2.06. The fourth-order valence-electron chi connectivity index (χ4n) is 1.74. The van der Waals surface area contributed by atoms with Crippen molar-refractivity contribution in [3.63, 3.8) is 0 Å². The van der Waals surface area contributed by atoms with Crippen molar-refractivity contribution < 1.29 is 4.74 Å². The summed E-state index contributed by atoms with van der Waals surface area (Å²) in [4.78, 5) is 3.97. The van der Waals surface area contributed by atoms with Gasteiger partial charge >= 0.3 is 0 Å². The average molecular weight is 262 g/mol. The maximum atomic E-state index is 5.90. The van der Waals surface area contributed by atoms with E-state index in [1.807, 2.05) is 18.2 Å². The number of unbranched alkanes of at least 4 members (excludes halogenated alkanes) is 1. The van der Waals surface area contributed by atoms with Gasteiger partial charge in [-0.15, -0.1) is 0 Å². The Bertz CT molecular complexity index is 473.